The van der Waals surface area contributed by atoms with Crippen LogP contribution in [0.5, 0.6) is 0 Å². The van der Waals surface area contributed by atoms with Gasteiger partial charge in [-0.1, -0.05) is 35.5 Å². The first-order valence-corrected chi connectivity index (χ1v) is 8.84. The van der Waals surface area contributed by atoms with Gasteiger partial charge in [0.1, 0.15) is 12.0 Å². The number of hydrogen-bond acceptors (Lipinski definition) is 4. The number of nitrogens with zero attached hydrogens (tertiary/aromatic N) is 3. The van der Waals surface area contributed by atoms with E-state index in [9.17, 15) is 0 Å². The minimum absolute atomic E-state index is 0.478. The Morgan fingerprint density at radius 1 is 1.24 bits per heavy atom. The monoisotopic (exact) mass is 343 g/mol. The molecule has 6 nitrogen and oxygen atoms in total. The van der Waals surface area contributed by atoms with Gasteiger partial charge in [-0.25, -0.2) is 4.99 Å². The third kappa shape index (κ3) is 6.97. The Kier molecular flexibility index (Phi) is 7.98. The molecule has 0 amide bonds. The van der Waals surface area contributed by atoms with Crippen molar-refractivity contribution >= 4 is 5.96 Å². The number of rotatable bonds is 9. The predicted octanol–water partition coefficient (Wildman–Crippen LogP) is 2.64. The molecule has 0 saturated heterocycles. The van der Waals surface area contributed by atoms with Gasteiger partial charge in [0.2, 0.25) is 0 Å². The lowest BCUT2D eigenvalue weighted by Gasteiger charge is -2.25. The fourth-order valence-electron chi connectivity index (χ4n) is 2.47. The molecule has 1 heterocycles. The Morgan fingerprint density at radius 2 is 2.04 bits per heavy atom. The zero-order chi connectivity index (χ0) is 17.9. The minimum Gasteiger partial charge on any atom is -0.364 e. The second-order valence-electron chi connectivity index (χ2n) is 6.15. The van der Waals surface area contributed by atoms with Crippen LogP contribution in [0.1, 0.15) is 31.5 Å². The first-order chi connectivity index (χ1) is 12.2. The Morgan fingerprint density at radius 3 is 2.72 bits per heavy atom. The molecule has 25 heavy (non-hydrogen) atoms. The maximum atomic E-state index is 4.83. The van der Waals surface area contributed by atoms with Crippen molar-refractivity contribution in [3.8, 4) is 0 Å². The summed E-state index contributed by atoms with van der Waals surface area (Å²) in [5, 5.41) is 10.5. The summed E-state index contributed by atoms with van der Waals surface area (Å²) >= 11 is 0. The van der Waals surface area contributed by atoms with Crippen LogP contribution in [0.3, 0.4) is 0 Å². The van der Waals surface area contributed by atoms with Crippen molar-refractivity contribution in [3.05, 3.63) is 53.9 Å². The predicted molar refractivity (Wildman–Crippen MR) is 101 cm³/mol. The molecule has 0 fully saturated rings. The van der Waals surface area contributed by atoms with Crippen LogP contribution < -0.4 is 10.6 Å². The van der Waals surface area contributed by atoms with E-state index in [-0.39, 0.29) is 0 Å². The summed E-state index contributed by atoms with van der Waals surface area (Å²) in [5.74, 6) is 0.809. The molecular weight excluding hydrogens is 314 g/mol. The average molecular weight is 343 g/mol. The number of benzene rings is 1. The van der Waals surface area contributed by atoms with Gasteiger partial charge >= 0.3 is 0 Å². The number of nitrogens with one attached hydrogen (secondary N) is 2. The highest BCUT2D eigenvalue weighted by molar-refractivity contribution is 5.79. The van der Waals surface area contributed by atoms with E-state index in [1.807, 2.05) is 6.07 Å². The molecule has 0 spiro atoms. The highest BCUT2D eigenvalue weighted by Gasteiger charge is 2.09. The van der Waals surface area contributed by atoms with Crippen molar-refractivity contribution in [1.82, 2.24) is 20.7 Å². The lowest BCUT2D eigenvalue weighted by Crippen LogP contribution is -2.40. The smallest absolute Gasteiger partial charge is 0.191 e. The van der Waals surface area contributed by atoms with E-state index >= 15 is 0 Å². The van der Waals surface area contributed by atoms with E-state index < -0.39 is 0 Å². The number of aromatic nitrogens is 1. The SMILES string of the molecule is CCNC(=NCc1ccon1)NCCC(C)N(C)Cc1ccccc1. The molecular formula is C19H29N5O. The molecule has 0 saturated carbocycles. The quantitative estimate of drug-likeness (QED) is 0.541. The summed E-state index contributed by atoms with van der Waals surface area (Å²) in [4.78, 5) is 6.90. The van der Waals surface area contributed by atoms with Crippen LogP contribution in [-0.4, -0.2) is 42.2 Å². The zero-order valence-electron chi connectivity index (χ0n) is 15.4. The Labute approximate surface area is 150 Å². The van der Waals surface area contributed by atoms with Gasteiger partial charge in [-0.05, 0) is 32.9 Å². The average Bonchev–Trinajstić information content (AvgIpc) is 3.14. The second-order valence-corrected chi connectivity index (χ2v) is 6.15. The minimum atomic E-state index is 0.478. The van der Waals surface area contributed by atoms with E-state index in [0.29, 0.717) is 12.6 Å². The molecule has 0 aliphatic carbocycles. The van der Waals surface area contributed by atoms with Crippen molar-refractivity contribution in [2.45, 2.75) is 39.4 Å². The van der Waals surface area contributed by atoms with E-state index in [4.69, 9.17) is 4.52 Å². The van der Waals surface area contributed by atoms with Crippen molar-refractivity contribution in [1.29, 1.82) is 0 Å². The molecule has 6 heteroatoms. The highest BCUT2D eigenvalue weighted by Crippen LogP contribution is 2.07. The van der Waals surface area contributed by atoms with Crippen LogP contribution in [0.2, 0.25) is 0 Å². The van der Waals surface area contributed by atoms with Gasteiger partial charge in [0.25, 0.3) is 0 Å². The van der Waals surface area contributed by atoms with E-state index in [0.717, 1.165) is 37.7 Å². The Hall–Kier alpha value is -2.34. The van der Waals surface area contributed by atoms with Gasteiger partial charge in [-0.15, -0.1) is 0 Å². The summed E-state index contributed by atoms with van der Waals surface area (Å²) in [5.41, 5.74) is 2.17. The lowest BCUT2D eigenvalue weighted by atomic mass is 10.1. The first kappa shape index (κ1) is 19.0. The van der Waals surface area contributed by atoms with Crippen LogP contribution in [0.4, 0.5) is 0 Å². The van der Waals surface area contributed by atoms with Crippen molar-refractivity contribution in [2.24, 2.45) is 4.99 Å². The van der Waals surface area contributed by atoms with Crippen molar-refractivity contribution in [3.63, 3.8) is 0 Å². The van der Waals surface area contributed by atoms with Crippen molar-refractivity contribution in [2.75, 3.05) is 20.1 Å². The van der Waals surface area contributed by atoms with Crippen LogP contribution >= 0.6 is 0 Å². The molecule has 0 aliphatic rings. The summed E-state index contributed by atoms with van der Waals surface area (Å²) in [6, 6.07) is 12.9. The van der Waals surface area contributed by atoms with Gasteiger partial charge in [-0.2, -0.15) is 0 Å². The van der Waals surface area contributed by atoms with E-state index in [1.165, 1.54) is 5.56 Å². The summed E-state index contributed by atoms with van der Waals surface area (Å²) in [6.07, 6.45) is 2.60. The molecule has 136 valence electrons. The van der Waals surface area contributed by atoms with Crippen LogP contribution in [0.25, 0.3) is 0 Å². The summed E-state index contributed by atoms with van der Waals surface area (Å²) in [7, 11) is 2.17. The number of hydrogen-bond donors (Lipinski definition) is 2. The number of guanidine groups is 1. The molecule has 0 aliphatic heterocycles. The second kappa shape index (κ2) is 10.5. The van der Waals surface area contributed by atoms with Gasteiger partial charge in [0.05, 0.1) is 6.54 Å². The van der Waals surface area contributed by atoms with Gasteiger partial charge in [-0.3, -0.25) is 4.90 Å². The van der Waals surface area contributed by atoms with Crippen LogP contribution in [-0.2, 0) is 13.1 Å². The lowest BCUT2D eigenvalue weighted by molar-refractivity contribution is 0.238. The fraction of sp³-hybridized carbons (Fsp3) is 0.474. The molecule has 0 radical (unpaired) electrons. The largest absolute Gasteiger partial charge is 0.364 e. The van der Waals surface area contributed by atoms with E-state index in [1.54, 1.807) is 6.26 Å². The maximum absolute atomic E-state index is 4.83. The molecule has 0 bridgehead atoms. The Bertz CT molecular complexity index is 612. The first-order valence-electron chi connectivity index (χ1n) is 8.84. The zero-order valence-corrected chi connectivity index (χ0v) is 15.4. The molecule has 1 aromatic carbocycles. The molecule has 2 N–H and O–H groups in total. The highest BCUT2D eigenvalue weighted by atomic mass is 16.5. The normalized spacial score (nSPS) is 13.0. The van der Waals surface area contributed by atoms with E-state index in [2.05, 4.69) is 76.9 Å². The molecule has 2 aromatic rings. The third-order valence-electron chi connectivity index (χ3n) is 4.12. The van der Waals surface area contributed by atoms with Gasteiger partial charge in [0, 0.05) is 31.7 Å². The number of aliphatic imine (C=N–C) groups is 1. The third-order valence-corrected chi connectivity index (χ3v) is 4.12. The molecule has 1 aromatic heterocycles. The maximum Gasteiger partial charge on any atom is 0.191 e. The summed E-state index contributed by atoms with van der Waals surface area (Å²) in [6.45, 7) is 7.48. The van der Waals surface area contributed by atoms with Gasteiger partial charge in [0.15, 0.2) is 5.96 Å². The topological polar surface area (TPSA) is 65.7 Å². The Balaban J connectivity index is 1.75. The van der Waals surface area contributed by atoms with Crippen LogP contribution in [0.15, 0.2) is 52.2 Å². The van der Waals surface area contributed by atoms with Crippen molar-refractivity contribution < 1.29 is 4.52 Å². The summed E-state index contributed by atoms with van der Waals surface area (Å²) < 4.78 is 4.83. The molecule has 1 atom stereocenters. The molecule has 1 unspecified atom stereocenters. The fourth-order valence-corrected chi connectivity index (χ4v) is 2.47. The standard InChI is InChI=1S/C19H29N5O/c1-4-20-19(22-14-18-11-13-25-23-18)21-12-10-16(2)24(3)15-17-8-6-5-7-9-17/h5-9,11,13,16H,4,10,12,14-15H2,1-3H3,(H2,20,21,22). The molecule has 2 rings (SSSR count). The van der Waals surface area contributed by atoms with Gasteiger partial charge < -0.3 is 15.2 Å². The van der Waals surface area contributed by atoms with Crippen LogP contribution in [0, 0.1) is 0 Å².